The lowest BCUT2D eigenvalue weighted by molar-refractivity contribution is 0.0762. The first-order valence-electron chi connectivity index (χ1n) is 9.16. The van der Waals surface area contributed by atoms with E-state index in [1.54, 1.807) is 34.1 Å². The molecule has 0 spiro atoms. The van der Waals surface area contributed by atoms with Crippen molar-refractivity contribution < 1.29 is 9.59 Å². The summed E-state index contributed by atoms with van der Waals surface area (Å²) in [6.07, 6.45) is 3.14. The SMILES string of the molecule is O=C(Nc1nc(C2CC2)cs1)N1CCCN(C(=O)c2ccc(Cl)cc2)CC1. The number of nitrogens with one attached hydrogen (secondary N) is 1. The van der Waals surface area contributed by atoms with Crippen LogP contribution in [-0.2, 0) is 0 Å². The molecule has 0 radical (unpaired) electrons. The van der Waals surface area contributed by atoms with Crippen molar-refractivity contribution in [1.82, 2.24) is 14.8 Å². The van der Waals surface area contributed by atoms with Crippen LogP contribution >= 0.6 is 22.9 Å². The fourth-order valence-electron chi connectivity index (χ4n) is 3.18. The monoisotopic (exact) mass is 404 g/mol. The van der Waals surface area contributed by atoms with E-state index in [-0.39, 0.29) is 11.9 Å². The number of thiazole rings is 1. The number of anilines is 1. The predicted octanol–water partition coefficient (Wildman–Crippen LogP) is 4.05. The Hall–Kier alpha value is -2.12. The predicted molar refractivity (Wildman–Crippen MR) is 107 cm³/mol. The summed E-state index contributed by atoms with van der Waals surface area (Å²) in [4.78, 5) is 33.3. The molecule has 6 nitrogen and oxygen atoms in total. The van der Waals surface area contributed by atoms with Crippen LogP contribution in [0.4, 0.5) is 9.93 Å². The Bertz CT molecular complexity index is 834. The normalized spacial score (nSPS) is 17.5. The maximum absolute atomic E-state index is 12.7. The van der Waals surface area contributed by atoms with Gasteiger partial charge in [-0.25, -0.2) is 9.78 Å². The van der Waals surface area contributed by atoms with E-state index in [0.29, 0.717) is 47.8 Å². The number of halogens is 1. The molecule has 27 heavy (non-hydrogen) atoms. The van der Waals surface area contributed by atoms with E-state index in [9.17, 15) is 9.59 Å². The maximum atomic E-state index is 12.7. The van der Waals surface area contributed by atoms with Crippen molar-refractivity contribution in [3.05, 3.63) is 45.9 Å². The van der Waals surface area contributed by atoms with Crippen molar-refractivity contribution in [2.24, 2.45) is 0 Å². The van der Waals surface area contributed by atoms with Gasteiger partial charge in [0.2, 0.25) is 0 Å². The topological polar surface area (TPSA) is 65.5 Å². The zero-order chi connectivity index (χ0) is 18.8. The van der Waals surface area contributed by atoms with Gasteiger partial charge in [-0.15, -0.1) is 11.3 Å². The Kier molecular flexibility index (Phi) is 5.31. The first kappa shape index (κ1) is 18.3. The second-order valence-electron chi connectivity index (χ2n) is 6.92. The van der Waals surface area contributed by atoms with E-state index in [0.717, 1.165) is 12.1 Å². The molecule has 4 rings (SSSR count). The molecular weight excluding hydrogens is 384 g/mol. The lowest BCUT2D eigenvalue weighted by Crippen LogP contribution is -2.39. The molecule has 2 aliphatic rings. The van der Waals surface area contributed by atoms with E-state index in [4.69, 9.17) is 11.6 Å². The minimum Gasteiger partial charge on any atom is -0.337 e. The van der Waals surface area contributed by atoms with Gasteiger partial charge in [-0.2, -0.15) is 0 Å². The average Bonchev–Trinajstić information content (AvgIpc) is 3.46. The van der Waals surface area contributed by atoms with Crippen LogP contribution < -0.4 is 5.32 Å². The quantitative estimate of drug-likeness (QED) is 0.839. The molecule has 2 heterocycles. The van der Waals surface area contributed by atoms with Crippen LogP contribution in [0.25, 0.3) is 0 Å². The van der Waals surface area contributed by atoms with Crippen molar-refractivity contribution in [3.63, 3.8) is 0 Å². The van der Waals surface area contributed by atoms with E-state index in [1.165, 1.54) is 24.2 Å². The number of benzene rings is 1. The number of nitrogens with zero attached hydrogens (tertiary/aromatic N) is 3. The van der Waals surface area contributed by atoms with Gasteiger partial charge in [-0.3, -0.25) is 10.1 Å². The van der Waals surface area contributed by atoms with Gasteiger partial charge in [0.1, 0.15) is 0 Å². The molecule has 2 fully saturated rings. The number of amides is 3. The summed E-state index contributed by atoms with van der Waals surface area (Å²) in [5.41, 5.74) is 1.71. The Morgan fingerprint density at radius 2 is 1.78 bits per heavy atom. The summed E-state index contributed by atoms with van der Waals surface area (Å²) >= 11 is 7.36. The number of rotatable bonds is 3. The summed E-state index contributed by atoms with van der Waals surface area (Å²) in [5, 5.41) is 6.19. The smallest absolute Gasteiger partial charge is 0.323 e. The van der Waals surface area contributed by atoms with Crippen molar-refractivity contribution in [3.8, 4) is 0 Å². The Morgan fingerprint density at radius 1 is 1.07 bits per heavy atom. The molecule has 1 N–H and O–H groups in total. The zero-order valence-corrected chi connectivity index (χ0v) is 16.4. The van der Waals surface area contributed by atoms with Gasteiger partial charge in [-0.05, 0) is 43.5 Å². The molecule has 1 aliphatic heterocycles. The van der Waals surface area contributed by atoms with Gasteiger partial charge < -0.3 is 9.80 Å². The van der Waals surface area contributed by atoms with Gasteiger partial charge >= 0.3 is 6.03 Å². The van der Waals surface area contributed by atoms with Crippen molar-refractivity contribution in [2.45, 2.75) is 25.2 Å². The summed E-state index contributed by atoms with van der Waals surface area (Å²) < 4.78 is 0. The third kappa shape index (κ3) is 4.42. The number of hydrogen-bond donors (Lipinski definition) is 1. The van der Waals surface area contributed by atoms with Crippen LogP contribution in [0.3, 0.4) is 0 Å². The van der Waals surface area contributed by atoms with Crippen LogP contribution in [0.1, 0.15) is 41.2 Å². The molecule has 0 atom stereocenters. The minimum atomic E-state index is -0.146. The summed E-state index contributed by atoms with van der Waals surface area (Å²) in [7, 11) is 0. The molecule has 1 aliphatic carbocycles. The molecule has 0 unspecified atom stereocenters. The molecule has 1 aromatic heterocycles. The van der Waals surface area contributed by atoms with E-state index < -0.39 is 0 Å². The lowest BCUT2D eigenvalue weighted by Gasteiger charge is -2.22. The highest BCUT2D eigenvalue weighted by Gasteiger charge is 2.27. The Labute approximate surface area is 167 Å². The van der Waals surface area contributed by atoms with Crippen molar-refractivity contribution >= 4 is 40.0 Å². The van der Waals surface area contributed by atoms with E-state index in [1.807, 2.05) is 5.38 Å². The molecule has 8 heteroatoms. The molecule has 3 amide bonds. The number of urea groups is 1. The standard InChI is InChI=1S/C19H21ClN4O2S/c20-15-6-4-14(5-7-15)17(25)23-8-1-9-24(11-10-23)19(26)22-18-21-16(12-27-18)13-2-3-13/h4-7,12-13H,1-3,8-11H2,(H,21,22,26). The van der Waals surface area contributed by atoms with Gasteiger partial charge in [0.25, 0.3) is 5.91 Å². The van der Waals surface area contributed by atoms with Crippen LogP contribution in [0, 0.1) is 0 Å². The maximum Gasteiger partial charge on any atom is 0.323 e. The Balaban J connectivity index is 1.33. The molecule has 2 aromatic rings. The number of hydrogen-bond acceptors (Lipinski definition) is 4. The van der Waals surface area contributed by atoms with E-state index >= 15 is 0 Å². The largest absolute Gasteiger partial charge is 0.337 e. The highest BCUT2D eigenvalue weighted by molar-refractivity contribution is 7.13. The zero-order valence-electron chi connectivity index (χ0n) is 14.9. The fourth-order valence-corrected chi connectivity index (χ4v) is 4.09. The molecule has 1 saturated heterocycles. The highest BCUT2D eigenvalue weighted by atomic mass is 35.5. The Morgan fingerprint density at radius 3 is 2.52 bits per heavy atom. The second-order valence-corrected chi connectivity index (χ2v) is 8.22. The third-order valence-electron chi connectivity index (χ3n) is 4.89. The molecule has 142 valence electrons. The highest BCUT2D eigenvalue weighted by Crippen LogP contribution is 2.40. The van der Waals surface area contributed by atoms with Gasteiger partial charge in [0.15, 0.2) is 5.13 Å². The van der Waals surface area contributed by atoms with E-state index in [2.05, 4.69) is 10.3 Å². The van der Waals surface area contributed by atoms with Crippen LogP contribution in [0.2, 0.25) is 5.02 Å². The molecule has 1 saturated carbocycles. The molecule has 0 bridgehead atoms. The average molecular weight is 405 g/mol. The van der Waals surface area contributed by atoms with Crippen LogP contribution in [0.15, 0.2) is 29.6 Å². The number of carbonyl (C=O) groups excluding carboxylic acids is 2. The summed E-state index contributed by atoms with van der Waals surface area (Å²) in [6.45, 7) is 2.28. The van der Waals surface area contributed by atoms with Crippen LogP contribution in [-0.4, -0.2) is 52.9 Å². The van der Waals surface area contributed by atoms with Crippen LogP contribution in [0.5, 0.6) is 0 Å². The van der Waals surface area contributed by atoms with Crippen molar-refractivity contribution in [2.75, 3.05) is 31.5 Å². The minimum absolute atomic E-state index is 0.0251. The molecular formula is C19H21ClN4O2S. The number of carbonyl (C=O) groups is 2. The first-order chi connectivity index (χ1) is 13.1. The second kappa shape index (κ2) is 7.86. The third-order valence-corrected chi connectivity index (χ3v) is 5.92. The fraction of sp³-hybridized carbons (Fsp3) is 0.421. The van der Waals surface area contributed by atoms with Gasteiger partial charge in [0, 0.05) is 48.1 Å². The van der Waals surface area contributed by atoms with Crippen molar-refractivity contribution in [1.29, 1.82) is 0 Å². The summed E-state index contributed by atoms with van der Waals surface area (Å²) in [6, 6.07) is 6.76. The first-order valence-corrected chi connectivity index (χ1v) is 10.4. The molecule has 1 aromatic carbocycles. The lowest BCUT2D eigenvalue weighted by atomic mass is 10.2. The van der Waals surface area contributed by atoms with Gasteiger partial charge in [-0.1, -0.05) is 11.6 Å². The summed E-state index contributed by atoms with van der Waals surface area (Å²) in [5.74, 6) is 0.556. The van der Waals surface area contributed by atoms with Gasteiger partial charge in [0.05, 0.1) is 5.69 Å². The number of aromatic nitrogens is 1.